The Balaban J connectivity index is 0.966. The van der Waals surface area contributed by atoms with Crippen molar-refractivity contribution < 1.29 is 27.8 Å². The van der Waals surface area contributed by atoms with Gasteiger partial charge in [-0.25, -0.2) is 19.2 Å². The van der Waals surface area contributed by atoms with E-state index in [2.05, 4.69) is 40.9 Å². The Bertz CT molecular complexity index is 2010. The number of anilines is 2. The minimum atomic E-state index is -1.17. The number of aryl methyl sites for hydroxylation is 1. The predicted octanol–water partition coefficient (Wildman–Crippen LogP) is 5.52. The summed E-state index contributed by atoms with van der Waals surface area (Å²) in [4.78, 5) is 38.2. The van der Waals surface area contributed by atoms with Crippen molar-refractivity contribution in [2.75, 3.05) is 44.8 Å². The molecule has 0 aliphatic carbocycles. The summed E-state index contributed by atoms with van der Waals surface area (Å²) < 4.78 is 42.6. The van der Waals surface area contributed by atoms with Crippen molar-refractivity contribution in [3.8, 4) is 22.9 Å². The molecule has 16 heteroatoms. The number of amides is 2. The van der Waals surface area contributed by atoms with E-state index in [0.717, 1.165) is 57.4 Å². The number of imidazole rings is 1. The monoisotopic (exact) mass is 700 g/mol. The van der Waals surface area contributed by atoms with Gasteiger partial charge >= 0.3 is 6.09 Å². The first kappa shape index (κ1) is 33.8. The molecular formula is C35H38F2N10O4. The average Bonchev–Trinajstić information content (AvgIpc) is 3.96. The summed E-state index contributed by atoms with van der Waals surface area (Å²) in [5.74, 6) is -2.01. The highest BCUT2D eigenvalue weighted by atomic mass is 19.2. The third-order valence-corrected chi connectivity index (χ3v) is 9.35. The van der Waals surface area contributed by atoms with Crippen LogP contribution in [0.4, 0.5) is 25.1 Å². The van der Waals surface area contributed by atoms with E-state index < -0.39 is 11.6 Å². The number of rotatable bonds is 11. The van der Waals surface area contributed by atoms with Gasteiger partial charge in [0.15, 0.2) is 23.0 Å². The zero-order valence-electron chi connectivity index (χ0n) is 28.1. The Morgan fingerprint density at radius 1 is 1.02 bits per heavy atom. The number of hydrogen-bond acceptors (Lipinski definition) is 10. The van der Waals surface area contributed by atoms with Gasteiger partial charge in [-0.2, -0.15) is 14.7 Å². The molecule has 0 spiro atoms. The number of carbonyl (C=O) groups excluding carboxylic acids is 2. The molecule has 2 saturated heterocycles. The Kier molecular flexibility index (Phi) is 10.0. The standard InChI is InChI=1S/C35H38F2N10O4/c1-2-23-17-24(5-6-25(23)34(48)40-18-22-9-14-45(15-10-22)21-50-35(49)46-12-3-4-13-46)42-32-33-39-19-27(47(33)16-11-38-32)26-7-8-28(31(37)30(26)36)51-29-20-41-44-43-29/h5-8,11,16-17,19-20,22H,2-4,9-10,12-15,18,21H2,1H3,(H,38,42)(H,40,48)(H,41,43,44). The van der Waals surface area contributed by atoms with Crippen LogP contribution in [-0.4, -0.2) is 91.0 Å². The first-order valence-corrected chi connectivity index (χ1v) is 17.0. The van der Waals surface area contributed by atoms with E-state index in [1.54, 1.807) is 27.6 Å². The fourth-order valence-electron chi connectivity index (χ4n) is 6.48. The highest BCUT2D eigenvalue weighted by Gasteiger charge is 2.24. The van der Waals surface area contributed by atoms with Crippen molar-refractivity contribution in [2.24, 2.45) is 5.92 Å². The topological polar surface area (TPSA) is 155 Å². The van der Waals surface area contributed by atoms with Gasteiger partial charge in [0.05, 0.1) is 11.9 Å². The number of nitrogens with one attached hydrogen (secondary N) is 3. The molecule has 2 aliphatic heterocycles. The zero-order valence-corrected chi connectivity index (χ0v) is 28.1. The number of H-pyrrole nitrogens is 1. The lowest BCUT2D eigenvalue weighted by Gasteiger charge is -2.31. The Labute approximate surface area is 292 Å². The van der Waals surface area contributed by atoms with Crippen LogP contribution in [0.25, 0.3) is 16.9 Å². The summed E-state index contributed by atoms with van der Waals surface area (Å²) in [5, 5.41) is 16.0. The molecule has 0 unspecified atom stereocenters. The second-order valence-corrected chi connectivity index (χ2v) is 12.6. The van der Waals surface area contributed by atoms with E-state index in [1.165, 1.54) is 30.7 Å². The minimum absolute atomic E-state index is 0.000307. The van der Waals surface area contributed by atoms with Gasteiger partial charge in [0, 0.05) is 61.9 Å². The van der Waals surface area contributed by atoms with Crippen molar-refractivity contribution in [2.45, 2.75) is 39.0 Å². The van der Waals surface area contributed by atoms with Crippen LogP contribution in [0.2, 0.25) is 0 Å². The number of aromatic amines is 1. The van der Waals surface area contributed by atoms with Gasteiger partial charge in [-0.1, -0.05) is 6.92 Å². The highest BCUT2D eigenvalue weighted by molar-refractivity contribution is 5.96. The number of hydrogen-bond donors (Lipinski definition) is 3. The molecule has 2 amide bonds. The van der Waals surface area contributed by atoms with E-state index in [0.29, 0.717) is 54.0 Å². The summed E-state index contributed by atoms with van der Waals surface area (Å²) in [5.41, 5.74) is 2.83. The van der Waals surface area contributed by atoms with Gasteiger partial charge in [-0.15, -0.1) is 5.10 Å². The summed E-state index contributed by atoms with van der Waals surface area (Å²) in [6.45, 7) is 6.02. The van der Waals surface area contributed by atoms with Gasteiger partial charge in [-0.05, 0) is 73.9 Å². The molecule has 3 N–H and O–H groups in total. The number of halogens is 2. The van der Waals surface area contributed by atoms with Gasteiger partial charge in [-0.3, -0.25) is 14.1 Å². The van der Waals surface area contributed by atoms with Crippen LogP contribution in [0, 0.1) is 17.6 Å². The van der Waals surface area contributed by atoms with Crippen molar-refractivity contribution in [1.29, 1.82) is 0 Å². The van der Waals surface area contributed by atoms with Gasteiger partial charge < -0.3 is 25.0 Å². The largest absolute Gasteiger partial charge is 0.433 e. The molecule has 2 fully saturated rings. The van der Waals surface area contributed by atoms with Crippen LogP contribution in [0.15, 0.2) is 55.1 Å². The van der Waals surface area contributed by atoms with Crippen LogP contribution < -0.4 is 15.4 Å². The number of piperidine rings is 1. The predicted molar refractivity (Wildman–Crippen MR) is 183 cm³/mol. The lowest BCUT2D eigenvalue weighted by atomic mass is 9.96. The summed E-state index contributed by atoms with van der Waals surface area (Å²) in [6.07, 6.45) is 10.1. The lowest BCUT2D eigenvalue weighted by Crippen LogP contribution is -2.41. The molecule has 14 nitrogen and oxygen atoms in total. The molecule has 7 rings (SSSR count). The van der Waals surface area contributed by atoms with Crippen molar-refractivity contribution in [3.05, 3.63) is 77.9 Å². The normalized spacial score (nSPS) is 15.3. The van der Waals surface area contributed by atoms with Crippen LogP contribution in [0.3, 0.4) is 0 Å². The average molecular weight is 701 g/mol. The number of fused-ring (bicyclic) bond motifs is 1. The first-order valence-electron chi connectivity index (χ1n) is 17.0. The highest BCUT2D eigenvalue weighted by Crippen LogP contribution is 2.33. The van der Waals surface area contributed by atoms with E-state index in [1.807, 2.05) is 13.0 Å². The van der Waals surface area contributed by atoms with Crippen molar-refractivity contribution in [3.63, 3.8) is 0 Å². The molecule has 5 aromatic rings. The van der Waals surface area contributed by atoms with Crippen LogP contribution in [0.5, 0.6) is 11.6 Å². The van der Waals surface area contributed by atoms with Gasteiger partial charge in [0.25, 0.3) is 11.8 Å². The van der Waals surface area contributed by atoms with Crippen LogP contribution in [0.1, 0.15) is 48.5 Å². The maximum atomic E-state index is 15.3. The van der Waals surface area contributed by atoms with Crippen molar-refractivity contribution >= 4 is 29.2 Å². The zero-order chi connectivity index (χ0) is 35.3. The number of aromatic nitrogens is 6. The van der Waals surface area contributed by atoms with E-state index in [-0.39, 0.29) is 29.2 Å². The number of likely N-dealkylation sites (tertiary alicyclic amines) is 2. The molecule has 0 atom stereocenters. The molecule has 0 saturated carbocycles. The van der Waals surface area contributed by atoms with Crippen LogP contribution in [-0.2, 0) is 11.2 Å². The maximum absolute atomic E-state index is 15.3. The Hall–Kier alpha value is -5.64. The fourth-order valence-corrected chi connectivity index (χ4v) is 6.48. The van der Waals surface area contributed by atoms with Gasteiger partial charge in [0.1, 0.15) is 12.9 Å². The van der Waals surface area contributed by atoms with E-state index in [4.69, 9.17) is 9.47 Å². The first-order chi connectivity index (χ1) is 24.9. The molecule has 5 heterocycles. The number of nitrogens with zero attached hydrogens (tertiary/aromatic N) is 7. The molecule has 0 bridgehead atoms. The SMILES string of the molecule is CCc1cc(Nc2nccn3c(-c4ccc(Oc5cn[nH]n5)c(F)c4F)cnc23)ccc1C(=O)NCC1CCN(COC(=O)N2CCCC2)CC1. The molecular weight excluding hydrogens is 662 g/mol. The number of ether oxygens (including phenoxy) is 2. The molecule has 3 aromatic heterocycles. The minimum Gasteiger partial charge on any atom is -0.433 e. The summed E-state index contributed by atoms with van der Waals surface area (Å²) in [7, 11) is 0. The fraction of sp³-hybridized carbons (Fsp3) is 0.371. The third-order valence-electron chi connectivity index (χ3n) is 9.35. The lowest BCUT2D eigenvalue weighted by molar-refractivity contribution is 0.0318. The number of benzene rings is 2. The molecule has 2 aromatic carbocycles. The third kappa shape index (κ3) is 7.45. The molecule has 0 radical (unpaired) electrons. The molecule has 266 valence electrons. The maximum Gasteiger partial charge on any atom is 0.411 e. The van der Waals surface area contributed by atoms with E-state index in [9.17, 15) is 14.0 Å². The van der Waals surface area contributed by atoms with E-state index >= 15 is 4.39 Å². The summed E-state index contributed by atoms with van der Waals surface area (Å²) >= 11 is 0. The Morgan fingerprint density at radius 2 is 1.84 bits per heavy atom. The van der Waals surface area contributed by atoms with Crippen molar-refractivity contribution in [1.82, 2.24) is 44.9 Å². The Morgan fingerprint density at radius 3 is 2.61 bits per heavy atom. The summed E-state index contributed by atoms with van der Waals surface area (Å²) in [6, 6.07) is 8.20. The van der Waals surface area contributed by atoms with Gasteiger partial charge in [0.2, 0.25) is 5.82 Å². The smallest absolute Gasteiger partial charge is 0.411 e. The number of carbonyl (C=O) groups is 2. The quantitative estimate of drug-likeness (QED) is 0.160. The molecule has 51 heavy (non-hydrogen) atoms. The molecule has 2 aliphatic rings. The second-order valence-electron chi connectivity index (χ2n) is 12.6. The van der Waals surface area contributed by atoms with Crippen LogP contribution >= 0.6 is 0 Å². The second kappa shape index (κ2) is 15.1.